The quantitative estimate of drug-likeness (QED) is 0.149. The zero-order valence-corrected chi connectivity index (χ0v) is 29.8. The number of para-hydroxylation sites is 1. The van der Waals surface area contributed by atoms with Gasteiger partial charge in [-0.25, -0.2) is 9.97 Å². The van der Waals surface area contributed by atoms with Crippen LogP contribution in [0.3, 0.4) is 0 Å². The van der Waals surface area contributed by atoms with Gasteiger partial charge >= 0.3 is 0 Å². The van der Waals surface area contributed by atoms with Crippen LogP contribution < -0.4 is 10.2 Å². The summed E-state index contributed by atoms with van der Waals surface area (Å²) in [5, 5.41) is 3.60. The van der Waals surface area contributed by atoms with E-state index in [9.17, 15) is 14.4 Å². The van der Waals surface area contributed by atoms with E-state index in [1.807, 2.05) is 48.5 Å². The lowest BCUT2D eigenvalue weighted by atomic mass is 9.87. The highest BCUT2D eigenvalue weighted by Crippen LogP contribution is 2.34. The maximum atomic E-state index is 13.6. The van der Waals surface area contributed by atoms with Crippen LogP contribution in [0.15, 0.2) is 72.8 Å². The average molecular weight is 686 g/mol. The fourth-order valence-corrected chi connectivity index (χ4v) is 8.40. The van der Waals surface area contributed by atoms with Crippen LogP contribution >= 0.6 is 11.3 Å². The number of nitrogens with one attached hydrogen (secondary N) is 1. The van der Waals surface area contributed by atoms with Gasteiger partial charge in [0, 0.05) is 31.1 Å². The molecule has 0 bridgehead atoms. The molecule has 256 valence electrons. The van der Waals surface area contributed by atoms with E-state index in [0.717, 1.165) is 90.0 Å². The Morgan fingerprint density at radius 1 is 0.880 bits per heavy atom. The lowest BCUT2D eigenvalue weighted by Crippen LogP contribution is -2.36. The minimum atomic E-state index is -0.177. The van der Waals surface area contributed by atoms with E-state index in [1.54, 1.807) is 13.8 Å². The molecule has 0 saturated carbocycles. The Balaban J connectivity index is 1.08. The van der Waals surface area contributed by atoms with Crippen molar-refractivity contribution in [3.63, 3.8) is 0 Å². The van der Waals surface area contributed by atoms with Gasteiger partial charge in [-0.1, -0.05) is 53.8 Å². The lowest BCUT2D eigenvalue weighted by Gasteiger charge is -2.31. The minimum Gasteiger partial charge on any atom is -0.352 e. The number of amides is 1. The van der Waals surface area contributed by atoms with Crippen LogP contribution in [0.4, 0.5) is 10.9 Å². The van der Waals surface area contributed by atoms with Crippen molar-refractivity contribution in [3.8, 4) is 11.1 Å². The fraction of sp³-hybridized carbons (Fsp3) is 0.341. The number of carbonyl (C=O) groups excluding carboxylic acids is 3. The van der Waals surface area contributed by atoms with Crippen LogP contribution in [0.1, 0.15) is 76.2 Å². The number of piperidine rings is 1. The van der Waals surface area contributed by atoms with Crippen molar-refractivity contribution in [1.29, 1.82) is 0 Å². The predicted octanol–water partition coefficient (Wildman–Crippen LogP) is 7.92. The number of carbonyl (C=O) groups is 3. The minimum absolute atomic E-state index is 0.0720. The van der Waals surface area contributed by atoms with Crippen molar-refractivity contribution in [2.24, 2.45) is 5.92 Å². The number of hydrogen-bond donors (Lipinski definition) is 1. The monoisotopic (exact) mass is 685 g/mol. The van der Waals surface area contributed by atoms with Crippen LogP contribution in [-0.2, 0) is 24.2 Å². The van der Waals surface area contributed by atoms with Gasteiger partial charge < -0.3 is 4.90 Å². The molecule has 2 aliphatic heterocycles. The molecular formula is C41H43N5O3S. The molecule has 3 aromatic carbocycles. The topological polar surface area (TPSA) is 95.5 Å². The third kappa shape index (κ3) is 7.25. The van der Waals surface area contributed by atoms with E-state index in [1.165, 1.54) is 22.5 Å². The number of ketones is 2. The van der Waals surface area contributed by atoms with Crippen LogP contribution in [0.5, 0.6) is 0 Å². The molecule has 7 rings (SSSR count). The number of thiazole rings is 1. The zero-order valence-electron chi connectivity index (χ0n) is 29.0. The number of anilines is 2. The number of hydrogen-bond acceptors (Lipinski definition) is 8. The van der Waals surface area contributed by atoms with Crippen LogP contribution in [0.2, 0.25) is 0 Å². The normalized spacial score (nSPS) is 15.2. The van der Waals surface area contributed by atoms with E-state index >= 15 is 0 Å². The van der Waals surface area contributed by atoms with Crippen molar-refractivity contribution in [2.45, 2.75) is 59.4 Å². The van der Waals surface area contributed by atoms with E-state index in [-0.39, 0.29) is 17.5 Å². The summed E-state index contributed by atoms with van der Waals surface area (Å²) < 4.78 is 1.03. The van der Waals surface area contributed by atoms with Gasteiger partial charge in [-0.3, -0.25) is 24.6 Å². The summed E-state index contributed by atoms with van der Waals surface area (Å²) in [4.78, 5) is 52.2. The smallest absolute Gasteiger partial charge is 0.257 e. The highest BCUT2D eigenvalue weighted by Gasteiger charge is 2.25. The van der Waals surface area contributed by atoms with E-state index < -0.39 is 0 Å². The van der Waals surface area contributed by atoms with Crippen molar-refractivity contribution in [1.82, 2.24) is 14.9 Å². The number of pyridine rings is 1. The molecule has 5 aromatic rings. The van der Waals surface area contributed by atoms with E-state index in [0.29, 0.717) is 35.4 Å². The highest BCUT2D eigenvalue weighted by molar-refractivity contribution is 7.22. The van der Waals surface area contributed by atoms with Gasteiger partial charge in [0.25, 0.3) is 5.91 Å². The number of aryl methyl sites for hydroxylation is 1. The first-order valence-corrected chi connectivity index (χ1v) is 18.4. The number of nitrogens with zero attached hydrogens (tertiary/aromatic N) is 4. The lowest BCUT2D eigenvalue weighted by molar-refractivity contribution is -0.118. The Morgan fingerprint density at radius 2 is 1.68 bits per heavy atom. The molecular weight excluding hydrogens is 643 g/mol. The zero-order chi connectivity index (χ0) is 34.8. The molecule has 0 spiro atoms. The summed E-state index contributed by atoms with van der Waals surface area (Å²) in [5.74, 6) is 1.38. The molecule has 4 heterocycles. The van der Waals surface area contributed by atoms with Gasteiger partial charge in [-0.2, -0.15) is 0 Å². The average Bonchev–Trinajstić information content (AvgIpc) is 3.53. The van der Waals surface area contributed by atoms with Crippen molar-refractivity contribution in [3.05, 3.63) is 106 Å². The Morgan fingerprint density at radius 3 is 2.46 bits per heavy atom. The van der Waals surface area contributed by atoms with Gasteiger partial charge in [0.1, 0.15) is 17.3 Å². The number of likely N-dealkylation sites (tertiary alicyclic amines) is 1. The summed E-state index contributed by atoms with van der Waals surface area (Å²) in [6.07, 6.45) is 5.13. The second-order valence-electron chi connectivity index (χ2n) is 13.7. The molecule has 2 aromatic heterocycles. The summed E-state index contributed by atoms with van der Waals surface area (Å²) in [5.41, 5.74) is 8.47. The number of fused-ring (bicyclic) bond motifs is 2. The fourth-order valence-electron chi connectivity index (χ4n) is 7.54. The number of benzene rings is 3. The maximum absolute atomic E-state index is 13.6. The largest absolute Gasteiger partial charge is 0.352 e. The van der Waals surface area contributed by atoms with Gasteiger partial charge in [0.15, 0.2) is 10.9 Å². The maximum Gasteiger partial charge on any atom is 0.257 e. The molecule has 0 unspecified atom stereocenters. The first-order chi connectivity index (χ1) is 24.2. The van der Waals surface area contributed by atoms with Gasteiger partial charge in [0.05, 0.1) is 16.8 Å². The Bertz CT molecular complexity index is 2050. The first-order valence-electron chi connectivity index (χ1n) is 17.6. The molecule has 0 atom stereocenters. The molecule has 1 N–H and O–H groups in total. The summed E-state index contributed by atoms with van der Waals surface area (Å²) in [7, 11) is 0. The predicted molar refractivity (Wildman–Crippen MR) is 201 cm³/mol. The molecule has 0 radical (unpaired) electrons. The van der Waals surface area contributed by atoms with Crippen LogP contribution in [0.25, 0.3) is 21.3 Å². The SMILES string of the molecule is CC(=O)CN1CCC(CCc2cccc(-c3ccc(N4CCc5cccc(C(=O)Nc6nc7ccccc7s6)c5C4)nc3C(C)=O)c2C)CC1. The number of Topliss-reactive ketones (excluding diaryl/α,β-unsaturated/α-hetero) is 2. The molecule has 1 saturated heterocycles. The van der Waals surface area contributed by atoms with Crippen LogP contribution in [0, 0.1) is 12.8 Å². The van der Waals surface area contributed by atoms with Gasteiger partial charge in [0.2, 0.25) is 0 Å². The van der Waals surface area contributed by atoms with Crippen molar-refractivity contribution in [2.75, 3.05) is 36.4 Å². The molecule has 2 aliphatic rings. The number of aromatic nitrogens is 2. The Labute approximate surface area is 297 Å². The highest BCUT2D eigenvalue weighted by atomic mass is 32.1. The molecule has 1 amide bonds. The molecule has 50 heavy (non-hydrogen) atoms. The second kappa shape index (κ2) is 14.6. The van der Waals surface area contributed by atoms with Crippen molar-refractivity contribution < 1.29 is 14.4 Å². The third-order valence-corrected chi connectivity index (χ3v) is 11.2. The molecule has 8 nitrogen and oxygen atoms in total. The van der Waals surface area contributed by atoms with E-state index in [4.69, 9.17) is 4.98 Å². The Kier molecular flexibility index (Phi) is 9.88. The standard InChI is InChI=1S/C41H43N5O3S/c1-26(47)24-45-21-18-29(19-22-45)14-15-30-8-6-10-32(27(30)2)33-16-17-38(43-39(33)28(3)48)46-23-20-31-9-7-11-34(35(31)25-46)40(49)44-41-42-36-12-4-5-13-37(36)50-41/h4-13,16-17,29H,14-15,18-25H2,1-3H3,(H,42,44,49). The van der Waals surface area contributed by atoms with Gasteiger partial charge in [-0.05, 0) is 123 Å². The summed E-state index contributed by atoms with van der Waals surface area (Å²) in [6.45, 7) is 9.21. The third-order valence-electron chi connectivity index (χ3n) is 10.3. The summed E-state index contributed by atoms with van der Waals surface area (Å²) in [6, 6.07) is 24.2. The molecule has 1 fully saturated rings. The van der Waals surface area contributed by atoms with E-state index in [2.05, 4.69) is 51.3 Å². The Hall–Kier alpha value is -4.73. The van der Waals surface area contributed by atoms with Crippen LogP contribution in [-0.4, -0.2) is 58.5 Å². The summed E-state index contributed by atoms with van der Waals surface area (Å²) >= 11 is 1.46. The molecule has 0 aliphatic carbocycles. The first kappa shape index (κ1) is 33.8. The number of rotatable bonds is 10. The molecule has 9 heteroatoms. The van der Waals surface area contributed by atoms with Gasteiger partial charge in [-0.15, -0.1) is 0 Å². The van der Waals surface area contributed by atoms with Crippen molar-refractivity contribution >= 4 is 50.0 Å². The second-order valence-corrected chi connectivity index (χ2v) is 14.8.